The van der Waals surface area contributed by atoms with Gasteiger partial charge < -0.3 is 19.7 Å². The molecule has 0 saturated heterocycles. The summed E-state index contributed by atoms with van der Waals surface area (Å²) >= 11 is 0. The molecule has 0 fully saturated rings. The standard InChI is InChI=1S/C26H28N4O4/c31-23(8-7-21-6-5-18-2-1-10-27-26(18)29-21)22-15-30(16-28-22)14-20(13-25(32)33)19-4-3-17-9-11-34-24(17)12-19/h3-6,12,15-16,20H,1-2,7-11,13-14H2,(H,27,29)(H,32,33). The fourth-order valence-electron chi connectivity index (χ4n) is 4.67. The van der Waals surface area contributed by atoms with Crippen LogP contribution in [0.3, 0.4) is 0 Å². The third kappa shape index (κ3) is 4.95. The van der Waals surface area contributed by atoms with Gasteiger partial charge in [-0.1, -0.05) is 18.2 Å². The quantitative estimate of drug-likeness (QED) is 0.470. The van der Waals surface area contributed by atoms with Crippen molar-refractivity contribution in [2.75, 3.05) is 18.5 Å². The second kappa shape index (κ2) is 9.67. The van der Waals surface area contributed by atoms with Crippen LogP contribution in [0, 0.1) is 0 Å². The lowest BCUT2D eigenvalue weighted by Gasteiger charge is -2.17. The smallest absolute Gasteiger partial charge is 0.304 e. The molecule has 2 aromatic heterocycles. The van der Waals surface area contributed by atoms with Gasteiger partial charge in [0.25, 0.3) is 0 Å². The Labute approximate surface area is 198 Å². The van der Waals surface area contributed by atoms with Crippen LogP contribution in [0.25, 0.3) is 0 Å². The molecule has 3 aromatic rings. The molecule has 0 bridgehead atoms. The van der Waals surface area contributed by atoms with E-state index in [-0.39, 0.29) is 18.1 Å². The van der Waals surface area contributed by atoms with Crippen LogP contribution in [0.1, 0.15) is 58.1 Å². The fraction of sp³-hybridized carbons (Fsp3) is 0.385. The first-order valence-corrected chi connectivity index (χ1v) is 11.8. The molecule has 34 heavy (non-hydrogen) atoms. The second-order valence-electron chi connectivity index (χ2n) is 8.98. The van der Waals surface area contributed by atoms with Crippen LogP contribution in [-0.4, -0.2) is 44.5 Å². The van der Waals surface area contributed by atoms with Crippen LogP contribution in [0.5, 0.6) is 5.75 Å². The maximum atomic E-state index is 12.8. The number of carboxylic acid groups (broad SMARTS) is 1. The molecule has 2 N–H and O–H groups in total. The van der Waals surface area contributed by atoms with Crippen LogP contribution in [0.4, 0.5) is 5.82 Å². The molecule has 5 rings (SSSR count). The topological polar surface area (TPSA) is 106 Å². The molecule has 1 unspecified atom stereocenters. The summed E-state index contributed by atoms with van der Waals surface area (Å²) in [7, 11) is 0. The molecule has 0 radical (unpaired) electrons. The van der Waals surface area contributed by atoms with Crippen LogP contribution in [0.15, 0.2) is 42.9 Å². The molecule has 0 amide bonds. The average molecular weight is 461 g/mol. The number of fused-ring (bicyclic) bond motifs is 2. The number of hydrogen-bond donors (Lipinski definition) is 2. The zero-order valence-corrected chi connectivity index (χ0v) is 19.0. The normalized spacial score (nSPS) is 15.1. The summed E-state index contributed by atoms with van der Waals surface area (Å²) in [4.78, 5) is 33.2. The van der Waals surface area contributed by atoms with E-state index in [1.54, 1.807) is 17.1 Å². The lowest BCUT2D eigenvalue weighted by Crippen LogP contribution is -2.14. The number of Topliss-reactive ketones (excluding diaryl/α,β-unsaturated/α-hetero) is 1. The molecule has 8 nitrogen and oxygen atoms in total. The zero-order valence-electron chi connectivity index (χ0n) is 19.0. The summed E-state index contributed by atoms with van der Waals surface area (Å²) in [6.45, 7) is 2.01. The van der Waals surface area contributed by atoms with E-state index >= 15 is 0 Å². The van der Waals surface area contributed by atoms with Crippen LogP contribution in [0.2, 0.25) is 0 Å². The number of aliphatic carboxylic acids is 1. The predicted molar refractivity (Wildman–Crippen MR) is 127 cm³/mol. The Bertz CT molecular complexity index is 1220. The molecule has 2 aliphatic rings. The average Bonchev–Trinajstić information content (AvgIpc) is 3.51. The number of ketones is 1. The molecule has 8 heteroatoms. The largest absolute Gasteiger partial charge is 0.493 e. The number of rotatable bonds is 9. The lowest BCUT2D eigenvalue weighted by molar-refractivity contribution is -0.137. The third-order valence-electron chi connectivity index (χ3n) is 6.52. The van der Waals surface area contributed by atoms with Crippen molar-refractivity contribution in [1.29, 1.82) is 0 Å². The van der Waals surface area contributed by atoms with Crippen molar-refractivity contribution in [2.24, 2.45) is 0 Å². The van der Waals surface area contributed by atoms with Gasteiger partial charge in [-0.15, -0.1) is 0 Å². The van der Waals surface area contributed by atoms with Crippen molar-refractivity contribution < 1.29 is 19.4 Å². The van der Waals surface area contributed by atoms with Crippen LogP contribution in [-0.2, 0) is 30.6 Å². The Morgan fingerprint density at radius 2 is 2.06 bits per heavy atom. The van der Waals surface area contributed by atoms with Crippen molar-refractivity contribution in [3.8, 4) is 5.75 Å². The molecular formula is C26H28N4O4. The van der Waals surface area contributed by atoms with E-state index in [1.165, 1.54) is 5.56 Å². The van der Waals surface area contributed by atoms with E-state index in [1.807, 2.05) is 24.3 Å². The molecule has 4 heterocycles. The molecule has 1 aromatic carbocycles. The Morgan fingerprint density at radius 3 is 2.94 bits per heavy atom. The Morgan fingerprint density at radius 1 is 1.18 bits per heavy atom. The first kappa shape index (κ1) is 22.1. The number of hydrogen-bond acceptors (Lipinski definition) is 6. The van der Waals surface area contributed by atoms with E-state index in [0.29, 0.717) is 31.7 Å². The highest BCUT2D eigenvalue weighted by Gasteiger charge is 2.21. The molecule has 0 saturated carbocycles. The van der Waals surface area contributed by atoms with Gasteiger partial charge in [0.05, 0.1) is 19.4 Å². The number of aromatic nitrogens is 3. The fourth-order valence-corrected chi connectivity index (χ4v) is 4.67. The summed E-state index contributed by atoms with van der Waals surface area (Å²) in [6, 6.07) is 10.0. The van der Waals surface area contributed by atoms with Crippen molar-refractivity contribution >= 4 is 17.6 Å². The van der Waals surface area contributed by atoms with E-state index in [4.69, 9.17) is 4.74 Å². The molecule has 0 aliphatic carbocycles. The minimum Gasteiger partial charge on any atom is -0.493 e. The summed E-state index contributed by atoms with van der Waals surface area (Å²) in [6.07, 6.45) is 7.20. The molecule has 1 atom stereocenters. The number of carbonyl (C=O) groups is 2. The van der Waals surface area contributed by atoms with Gasteiger partial charge in [0.15, 0.2) is 5.78 Å². The number of anilines is 1. The van der Waals surface area contributed by atoms with Gasteiger partial charge in [-0.05, 0) is 48.1 Å². The van der Waals surface area contributed by atoms with Crippen LogP contribution >= 0.6 is 0 Å². The minimum absolute atomic E-state index is 0.0156. The first-order chi connectivity index (χ1) is 16.5. The summed E-state index contributed by atoms with van der Waals surface area (Å²) in [5.74, 6) is 0.598. The third-order valence-corrected chi connectivity index (χ3v) is 6.52. The van der Waals surface area contributed by atoms with Gasteiger partial charge in [0.1, 0.15) is 17.3 Å². The van der Waals surface area contributed by atoms with Gasteiger partial charge in [-0.3, -0.25) is 9.59 Å². The van der Waals surface area contributed by atoms with Gasteiger partial charge in [-0.25, -0.2) is 9.97 Å². The van der Waals surface area contributed by atoms with Gasteiger partial charge in [0, 0.05) is 43.7 Å². The monoisotopic (exact) mass is 460 g/mol. The van der Waals surface area contributed by atoms with Crippen molar-refractivity contribution in [1.82, 2.24) is 14.5 Å². The van der Waals surface area contributed by atoms with E-state index in [0.717, 1.165) is 54.2 Å². The molecular weight excluding hydrogens is 432 g/mol. The van der Waals surface area contributed by atoms with E-state index < -0.39 is 5.97 Å². The number of ether oxygens (including phenoxy) is 1. The number of nitrogens with one attached hydrogen (secondary N) is 1. The maximum Gasteiger partial charge on any atom is 0.304 e. The number of carboxylic acids is 1. The SMILES string of the molecule is O=C(O)CC(Cn1cnc(C(=O)CCc2ccc3c(n2)NCCC3)c1)c1ccc2c(c1)OCC2. The highest BCUT2D eigenvalue weighted by molar-refractivity contribution is 5.94. The maximum absolute atomic E-state index is 12.8. The summed E-state index contributed by atoms with van der Waals surface area (Å²) in [5, 5.41) is 12.8. The van der Waals surface area contributed by atoms with Crippen molar-refractivity contribution in [3.63, 3.8) is 0 Å². The Kier molecular flexibility index (Phi) is 6.29. The van der Waals surface area contributed by atoms with Crippen molar-refractivity contribution in [2.45, 2.75) is 51.0 Å². The zero-order chi connectivity index (χ0) is 23.5. The lowest BCUT2D eigenvalue weighted by atomic mass is 9.94. The summed E-state index contributed by atoms with van der Waals surface area (Å²) in [5.41, 5.74) is 4.57. The van der Waals surface area contributed by atoms with E-state index in [2.05, 4.69) is 21.4 Å². The second-order valence-corrected chi connectivity index (χ2v) is 8.98. The van der Waals surface area contributed by atoms with Gasteiger partial charge in [0.2, 0.25) is 0 Å². The number of pyridine rings is 1. The molecule has 2 aliphatic heterocycles. The predicted octanol–water partition coefficient (Wildman–Crippen LogP) is 3.65. The minimum atomic E-state index is -0.866. The highest BCUT2D eigenvalue weighted by Crippen LogP contribution is 2.31. The van der Waals surface area contributed by atoms with E-state index in [9.17, 15) is 14.7 Å². The Balaban J connectivity index is 1.24. The number of imidazole rings is 1. The summed E-state index contributed by atoms with van der Waals surface area (Å²) < 4.78 is 7.46. The number of nitrogens with zero attached hydrogens (tertiary/aromatic N) is 3. The molecule has 176 valence electrons. The van der Waals surface area contributed by atoms with Gasteiger partial charge in [-0.2, -0.15) is 0 Å². The number of carbonyl (C=O) groups excluding carboxylic acids is 1. The van der Waals surface area contributed by atoms with Gasteiger partial charge >= 0.3 is 5.97 Å². The number of aryl methyl sites for hydroxylation is 2. The highest BCUT2D eigenvalue weighted by atomic mass is 16.5. The Hall–Kier alpha value is -3.68. The van der Waals surface area contributed by atoms with Crippen molar-refractivity contribution in [3.05, 3.63) is 70.9 Å². The number of benzene rings is 1. The first-order valence-electron chi connectivity index (χ1n) is 11.8. The van der Waals surface area contributed by atoms with Crippen LogP contribution < -0.4 is 10.1 Å². The molecule has 0 spiro atoms.